The SMILES string of the molecule is COc1cc(/C=C(/C#N)c2nc(-c3ccccc3)cs2)c(Br)cc1O. The molecule has 124 valence electrons. The van der Waals surface area contributed by atoms with Gasteiger partial charge in [0.2, 0.25) is 0 Å². The normalized spacial score (nSPS) is 11.2. The van der Waals surface area contributed by atoms with Crippen LogP contribution in [0, 0.1) is 11.3 Å². The standard InChI is InChI=1S/C19H13BrN2O2S/c1-24-18-8-13(15(20)9-17(18)23)7-14(10-21)19-22-16(11-25-19)12-5-3-2-4-6-12/h2-9,11,23H,1H3/b14-7-. The van der Waals surface area contributed by atoms with E-state index in [1.54, 1.807) is 12.1 Å². The van der Waals surface area contributed by atoms with Crippen molar-refractivity contribution in [1.82, 2.24) is 4.98 Å². The van der Waals surface area contributed by atoms with Gasteiger partial charge in [-0.1, -0.05) is 46.3 Å². The summed E-state index contributed by atoms with van der Waals surface area (Å²) in [5.41, 5.74) is 3.02. The van der Waals surface area contributed by atoms with Crippen LogP contribution in [-0.2, 0) is 0 Å². The molecule has 0 radical (unpaired) electrons. The number of nitrogens with zero attached hydrogens (tertiary/aromatic N) is 2. The maximum atomic E-state index is 9.80. The molecule has 3 rings (SSSR count). The summed E-state index contributed by atoms with van der Waals surface area (Å²) in [5, 5.41) is 21.9. The number of ether oxygens (including phenoxy) is 1. The van der Waals surface area contributed by atoms with Crippen LogP contribution in [0.2, 0.25) is 0 Å². The summed E-state index contributed by atoms with van der Waals surface area (Å²) < 4.78 is 5.79. The molecule has 6 heteroatoms. The number of hydrogen-bond acceptors (Lipinski definition) is 5. The Morgan fingerprint density at radius 3 is 2.76 bits per heavy atom. The second-order valence-corrected chi connectivity index (χ2v) is 6.83. The first kappa shape index (κ1) is 17.2. The Bertz CT molecular complexity index is 975. The number of aromatic nitrogens is 1. The molecular weight excluding hydrogens is 400 g/mol. The highest BCUT2D eigenvalue weighted by molar-refractivity contribution is 9.10. The van der Waals surface area contributed by atoms with Crippen LogP contribution in [0.4, 0.5) is 0 Å². The second-order valence-electron chi connectivity index (χ2n) is 5.12. The molecule has 0 spiro atoms. The molecule has 25 heavy (non-hydrogen) atoms. The molecule has 0 saturated carbocycles. The molecular formula is C19H13BrN2O2S. The van der Waals surface area contributed by atoms with E-state index in [-0.39, 0.29) is 5.75 Å². The van der Waals surface area contributed by atoms with Gasteiger partial charge in [-0.3, -0.25) is 0 Å². The first-order chi connectivity index (χ1) is 12.1. The lowest BCUT2D eigenvalue weighted by molar-refractivity contribution is 0.373. The zero-order valence-electron chi connectivity index (χ0n) is 13.2. The number of methoxy groups -OCH3 is 1. The third-order valence-electron chi connectivity index (χ3n) is 3.52. The number of thiazole rings is 1. The lowest BCUT2D eigenvalue weighted by atomic mass is 10.1. The van der Waals surface area contributed by atoms with Crippen molar-refractivity contribution >= 4 is 38.9 Å². The quantitative estimate of drug-likeness (QED) is 0.586. The Labute approximate surface area is 157 Å². The molecule has 1 aromatic heterocycles. The highest BCUT2D eigenvalue weighted by Gasteiger charge is 2.12. The fraction of sp³-hybridized carbons (Fsp3) is 0.0526. The molecule has 1 heterocycles. The third kappa shape index (κ3) is 3.73. The Balaban J connectivity index is 2.00. The molecule has 1 N–H and O–H groups in total. The minimum Gasteiger partial charge on any atom is -0.504 e. The molecule has 0 bridgehead atoms. The first-order valence-electron chi connectivity index (χ1n) is 7.32. The lowest BCUT2D eigenvalue weighted by Crippen LogP contribution is -1.87. The van der Waals surface area contributed by atoms with Gasteiger partial charge < -0.3 is 9.84 Å². The zero-order valence-corrected chi connectivity index (χ0v) is 15.6. The summed E-state index contributed by atoms with van der Waals surface area (Å²) in [6.45, 7) is 0. The summed E-state index contributed by atoms with van der Waals surface area (Å²) in [7, 11) is 1.48. The van der Waals surface area contributed by atoms with Gasteiger partial charge in [0.25, 0.3) is 0 Å². The molecule has 0 aliphatic carbocycles. The number of phenols is 1. The maximum absolute atomic E-state index is 9.80. The van der Waals surface area contributed by atoms with Gasteiger partial charge >= 0.3 is 0 Å². The monoisotopic (exact) mass is 412 g/mol. The summed E-state index contributed by atoms with van der Waals surface area (Å²) >= 11 is 4.81. The van der Waals surface area contributed by atoms with Crippen LogP contribution in [0.1, 0.15) is 10.6 Å². The Kier molecular flexibility index (Phi) is 5.17. The largest absolute Gasteiger partial charge is 0.504 e. The van der Waals surface area contributed by atoms with Crippen LogP contribution in [0.5, 0.6) is 11.5 Å². The smallest absolute Gasteiger partial charge is 0.161 e. The average Bonchev–Trinajstić information content (AvgIpc) is 3.12. The molecule has 2 aromatic carbocycles. The summed E-state index contributed by atoms with van der Waals surface area (Å²) in [6.07, 6.45) is 1.72. The minimum absolute atomic E-state index is 0.0330. The van der Waals surface area contributed by atoms with E-state index >= 15 is 0 Å². The lowest BCUT2D eigenvalue weighted by Gasteiger charge is -2.06. The second kappa shape index (κ2) is 7.51. The topological polar surface area (TPSA) is 66.1 Å². The van der Waals surface area contributed by atoms with Gasteiger partial charge in [-0.15, -0.1) is 11.3 Å². The first-order valence-corrected chi connectivity index (χ1v) is 8.99. The summed E-state index contributed by atoms with van der Waals surface area (Å²) in [5.74, 6) is 0.376. The van der Waals surface area contributed by atoms with Crippen LogP contribution >= 0.6 is 27.3 Å². The highest BCUT2D eigenvalue weighted by Crippen LogP contribution is 2.35. The zero-order chi connectivity index (χ0) is 17.8. The number of aromatic hydroxyl groups is 1. The third-order valence-corrected chi connectivity index (χ3v) is 5.08. The van der Waals surface area contributed by atoms with Crippen molar-refractivity contribution in [2.24, 2.45) is 0 Å². The van der Waals surface area contributed by atoms with Crippen LogP contribution in [0.3, 0.4) is 0 Å². The van der Waals surface area contributed by atoms with Crippen molar-refractivity contribution in [2.45, 2.75) is 0 Å². The average molecular weight is 413 g/mol. The van der Waals surface area contributed by atoms with Gasteiger partial charge in [0.15, 0.2) is 11.5 Å². The number of nitriles is 1. The molecule has 0 fully saturated rings. The molecule has 3 aromatic rings. The van der Waals surface area contributed by atoms with E-state index in [0.29, 0.717) is 20.8 Å². The Hall–Kier alpha value is -2.62. The van der Waals surface area contributed by atoms with Crippen molar-refractivity contribution in [1.29, 1.82) is 5.26 Å². The fourth-order valence-corrected chi connectivity index (χ4v) is 3.51. The molecule has 0 saturated heterocycles. The number of benzene rings is 2. The molecule has 0 unspecified atom stereocenters. The molecule has 0 atom stereocenters. The van der Waals surface area contributed by atoms with E-state index in [0.717, 1.165) is 16.8 Å². The molecule has 4 nitrogen and oxygen atoms in total. The van der Waals surface area contributed by atoms with Crippen molar-refractivity contribution in [3.63, 3.8) is 0 Å². The number of hydrogen-bond donors (Lipinski definition) is 1. The van der Waals surface area contributed by atoms with Gasteiger partial charge in [0, 0.05) is 15.4 Å². The Morgan fingerprint density at radius 1 is 1.32 bits per heavy atom. The van der Waals surface area contributed by atoms with Crippen LogP contribution < -0.4 is 4.74 Å². The van der Waals surface area contributed by atoms with Gasteiger partial charge in [-0.2, -0.15) is 5.26 Å². The number of halogens is 1. The van der Waals surface area contributed by atoms with E-state index in [1.807, 2.05) is 35.7 Å². The number of phenolic OH excluding ortho intramolecular Hbond substituents is 1. The van der Waals surface area contributed by atoms with Crippen molar-refractivity contribution < 1.29 is 9.84 Å². The van der Waals surface area contributed by atoms with Crippen LogP contribution in [0.15, 0.2) is 52.3 Å². The Morgan fingerprint density at radius 2 is 2.08 bits per heavy atom. The van der Waals surface area contributed by atoms with Gasteiger partial charge in [-0.05, 0) is 23.8 Å². The predicted octanol–water partition coefficient (Wildman–Crippen LogP) is 5.35. The van der Waals surface area contributed by atoms with Gasteiger partial charge in [0.05, 0.1) is 18.4 Å². The predicted molar refractivity (Wildman–Crippen MR) is 103 cm³/mol. The summed E-state index contributed by atoms with van der Waals surface area (Å²) in [4.78, 5) is 4.57. The van der Waals surface area contributed by atoms with Gasteiger partial charge in [0.1, 0.15) is 11.1 Å². The van der Waals surface area contributed by atoms with Crippen molar-refractivity contribution in [3.05, 3.63) is 62.9 Å². The van der Waals surface area contributed by atoms with E-state index in [4.69, 9.17) is 4.74 Å². The highest BCUT2D eigenvalue weighted by atomic mass is 79.9. The van der Waals surface area contributed by atoms with Crippen LogP contribution in [0.25, 0.3) is 22.9 Å². The number of allylic oxidation sites excluding steroid dienone is 1. The molecule has 0 aliphatic rings. The van der Waals surface area contributed by atoms with E-state index in [9.17, 15) is 10.4 Å². The maximum Gasteiger partial charge on any atom is 0.161 e. The minimum atomic E-state index is 0.0330. The molecule has 0 amide bonds. The van der Waals surface area contributed by atoms with Gasteiger partial charge in [-0.25, -0.2) is 4.98 Å². The van der Waals surface area contributed by atoms with E-state index < -0.39 is 0 Å². The fourth-order valence-electron chi connectivity index (χ4n) is 2.27. The van der Waals surface area contributed by atoms with Crippen molar-refractivity contribution in [2.75, 3.05) is 7.11 Å². The van der Waals surface area contributed by atoms with Crippen LogP contribution in [-0.4, -0.2) is 17.2 Å². The van der Waals surface area contributed by atoms with E-state index in [2.05, 4.69) is 27.0 Å². The van der Waals surface area contributed by atoms with Crippen molar-refractivity contribution in [3.8, 4) is 28.8 Å². The summed E-state index contributed by atoms with van der Waals surface area (Å²) in [6, 6.07) is 15.2. The number of rotatable bonds is 4. The van der Waals surface area contributed by atoms with E-state index in [1.165, 1.54) is 24.5 Å². The molecule has 0 aliphatic heterocycles.